The van der Waals surface area contributed by atoms with Gasteiger partial charge in [0.05, 0.1) is 60.9 Å². The van der Waals surface area contributed by atoms with Crippen LogP contribution in [0.1, 0.15) is 0 Å². The second kappa shape index (κ2) is 24.3. The van der Waals surface area contributed by atoms with Crippen molar-refractivity contribution in [2.45, 2.75) is 0 Å². The minimum Gasteiger partial charge on any atom is -0.309 e. The number of fused-ring (bicyclic) bond motifs is 15. The molecule has 0 atom stereocenters. The van der Waals surface area contributed by atoms with Gasteiger partial charge in [-0.25, -0.2) is 0 Å². The molecular weight excluding hydrogens is 1340 g/mol. The Bertz CT molecular complexity index is 7140. The monoisotopic (exact) mass is 1400 g/mol. The van der Waals surface area contributed by atoms with Gasteiger partial charge in [-0.2, -0.15) is 29.9 Å². The number of aromatic nitrogens is 11. The highest BCUT2D eigenvalue weighted by Crippen LogP contribution is 2.42. The van der Waals surface area contributed by atoms with Gasteiger partial charge < -0.3 is 4.57 Å². The first-order valence-corrected chi connectivity index (χ1v) is 38.5. The first-order valence-electron chi connectivity index (χ1n) is 36.5. The summed E-state index contributed by atoms with van der Waals surface area (Å²) in [5, 5.41) is 16.2. The fourth-order valence-electron chi connectivity index (χ4n) is 17.4. The Morgan fingerprint density at radius 3 is 0.815 bits per heavy atom. The van der Waals surface area contributed by atoms with Gasteiger partial charge in [0.1, 0.15) is 0 Å². The number of rotatable bonds is 12. The Labute approximate surface area is 620 Å². The molecule has 0 saturated heterocycles. The van der Waals surface area contributed by atoms with Crippen molar-refractivity contribution in [3.63, 3.8) is 0 Å². The molecule has 15 aromatic carbocycles. The smallest absolute Gasteiger partial charge is 0.240 e. The van der Waals surface area contributed by atoms with Crippen LogP contribution in [0.3, 0.4) is 0 Å². The van der Waals surface area contributed by atoms with Gasteiger partial charge in [0.15, 0.2) is 19.7 Å². The van der Waals surface area contributed by atoms with Crippen LogP contribution in [0.2, 0.25) is 0 Å². The van der Waals surface area contributed by atoms with Gasteiger partial charge in [0.2, 0.25) is 23.8 Å². The number of benzene rings is 15. The average Bonchev–Trinajstić information content (AvgIpc) is 1.51. The lowest BCUT2D eigenvalue weighted by atomic mass is 10.0. The molecule has 0 spiro atoms. The van der Waals surface area contributed by atoms with Crippen molar-refractivity contribution in [1.82, 2.24) is 52.7 Å². The van der Waals surface area contributed by atoms with Gasteiger partial charge in [0.25, 0.3) is 0 Å². The highest BCUT2D eigenvalue weighted by atomic mass is 28.3. The van der Waals surface area contributed by atoms with E-state index in [-0.39, 0.29) is 0 Å². The molecule has 0 amide bonds. The Balaban J connectivity index is 0.726. The van der Waals surface area contributed by atoms with E-state index >= 15 is 0 Å². The van der Waals surface area contributed by atoms with Crippen molar-refractivity contribution in [3.8, 4) is 63.4 Å². The van der Waals surface area contributed by atoms with Gasteiger partial charge in [-0.05, 0) is 117 Å². The quantitative estimate of drug-likeness (QED) is 0.0892. The summed E-state index contributed by atoms with van der Waals surface area (Å²) in [6, 6.07) is 133. The van der Waals surface area contributed by atoms with Crippen molar-refractivity contribution in [3.05, 3.63) is 370 Å². The molecule has 0 saturated carbocycles. The number of hydrogen-bond donors (Lipinski definition) is 0. The summed E-state index contributed by atoms with van der Waals surface area (Å²) in [4.78, 5) is 33.7. The highest BCUT2D eigenvalue weighted by molar-refractivity contribution is 7.20. The molecule has 0 aliphatic heterocycles. The van der Waals surface area contributed by atoms with Crippen LogP contribution in [-0.2, 0) is 0 Å². The maximum absolute atomic E-state index is 5.66. The fraction of sp³-hybridized carbons (Fsp3) is 0. The van der Waals surface area contributed by atoms with E-state index in [0.717, 1.165) is 126 Å². The molecule has 0 fully saturated rings. The van der Waals surface area contributed by atoms with Crippen LogP contribution in [0.25, 0.3) is 172 Å². The van der Waals surface area contributed by atoms with E-state index in [1.54, 1.807) is 0 Å². The van der Waals surface area contributed by atoms with E-state index in [2.05, 4.69) is 393 Å². The number of para-hydroxylation sites is 9. The maximum Gasteiger partial charge on any atom is 0.240 e. The topological polar surface area (TPSA) is 102 Å². The third-order valence-electron chi connectivity index (χ3n) is 22.0. The van der Waals surface area contributed by atoms with Crippen LogP contribution in [0.4, 0.5) is 0 Å². The SMILES string of the molecule is c1ccc([Si](c2ccccc2)(c2ccccc2)c2cccc(-c3nc(-n4c5ccccc5c5ccccc54)nc(-n4c5ccccc5c5cc(-c6ccc7c(c6)c6ccccc6n7-c6nc(-c7ccccc7-n7c8ccccc8c8ccccc87)nc(-n7c8ccccc8c8ccccc87)n6)ccc54)n3)c2)cc1. The predicted octanol–water partition coefficient (Wildman–Crippen LogP) is 19.9. The molecule has 12 heteroatoms. The van der Waals surface area contributed by atoms with Crippen LogP contribution in [0.15, 0.2) is 370 Å². The summed E-state index contributed by atoms with van der Waals surface area (Å²) in [6.07, 6.45) is 0. The minimum atomic E-state index is -2.98. The first kappa shape index (κ1) is 61.1. The summed E-state index contributed by atoms with van der Waals surface area (Å²) < 4.78 is 11.2. The Kier molecular flexibility index (Phi) is 13.8. The molecule has 504 valence electrons. The van der Waals surface area contributed by atoms with E-state index in [1.807, 2.05) is 0 Å². The van der Waals surface area contributed by atoms with Crippen LogP contribution < -0.4 is 20.7 Å². The zero-order valence-electron chi connectivity index (χ0n) is 58.1. The van der Waals surface area contributed by atoms with Crippen molar-refractivity contribution < 1.29 is 0 Å². The van der Waals surface area contributed by atoms with Crippen molar-refractivity contribution in [1.29, 1.82) is 0 Å². The first-order chi connectivity index (χ1) is 53.6. The normalized spacial score (nSPS) is 12.1. The molecule has 22 aromatic rings. The second-order valence-corrected chi connectivity index (χ2v) is 31.6. The number of hydrogen-bond acceptors (Lipinski definition) is 6. The maximum atomic E-state index is 5.66. The third-order valence-corrected chi connectivity index (χ3v) is 26.8. The third kappa shape index (κ3) is 9.27. The molecule has 0 N–H and O–H groups in total. The Morgan fingerprint density at radius 2 is 0.454 bits per heavy atom. The lowest BCUT2D eigenvalue weighted by Gasteiger charge is -2.34. The summed E-state index contributed by atoms with van der Waals surface area (Å²) in [5.74, 6) is 3.14. The van der Waals surface area contributed by atoms with Crippen LogP contribution >= 0.6 is 0 Å². The molecular formula is C96H61N11Si. The lowest BCUT2D eigenvalue weighted by Crippen LogP contribution is -2.74. The molecule has 0 unspecified atom stereocenters. The molecule has 11 nitrogen and oxygen atoms in total. The van der Waals surface area contributed by atoms with Crippen LogP contribution in [0, 0.1) is 0 Å². The summed E-state index contributed by atoms with van der Waals surface area (Å²) >= 11 is 0. The van der Waals surface area contributed by atoms with Crippen molar-refractivity contribution >= 4 is 138 Å². The largest absolute Gasteiger partial charge is 0.309 e. The zero-order valence-corrected chi connectivity index (χ0v) is 59.1. The van der Waals surface area contributed by atoms with Gasteiger partial charge >= 0.3 is 0 Å². The number of nitrogens with zero attached hydrogens (tertiary/aromatic N) is 11. The van der Waals surface area contributed by atoms with E-state index in [9.17, 15) is 0 Å². The molecule has 0 aliphatic carbocycles. The van der Waals surface area contributed by atoms with Crippen molar-refractivity contribution in [2.24, 2.45) is 0 Å². The average molecular weight is 1400 g/mol. The molecule has 0 radical (unpaired) electrons. The Morgan fingerprint density at radius 1 is 0.176 bits per heavy atom. The van der Waals surface area contributed by atoms with E-state index in [4.69, 9.17) is 29.9 Å². The molecule has 22 rings (SSSR count). The summed E-state index contributed by atoms with van der Waals surface area (Å²) in [6.45, 7) is 0. The van der Waals surface area contributed by atoms with E-state index in [0.29, 0.717) is 35.4 Å². The highest BCUT2D eigenvalue weighted by Gasteiger charge is 2.42. The molecule has 108 heavy (non-hydrogen) atoms. The molecule has 0 aliphatic rings. The van der Waals surface area contributed by atoms with Crippen molar-refractivity contribution in [2.75, 3.05) is 0 Å². The predicted molar refractivity (Wildman–Crippen MR) is 445 cm³/mol. The fourth-order valence-corrected chi connectivity index (χ4v) is 22.2. The lowest BCUT2D eigenvalue weighted by molar-refractivity contribution is 0.891. The van der Waals surface area contributed by atoms with Crippen LogP contribution in [-0.4, -0.2) is 60.8 Å². The summed E-state index contributed by atoms with van der Waals surface area (Å²) in [5.41, 5.74) is 14.9. The second-order valence-electron chi connectivity index (χ2n) is 27.7. The molecule has 7 heterocycles. The molecule has 0 bridgehead atoms. The van der Waals surface area contributed by atoms with Crippen LogP contribution in [0.5, 0.6) is 0 Å². The van der Waals surface area contributed by atoms with E-state index in [1.165, 1.54) is 31.5 Å². The standard InChI is InChI=1S/C96H61N11Si/c1-4-30-65(31-5-1)108(66-32-6-2-7-33-66,67-34-8-3-9-35-67)68-36-28-29-64(59-68)91-97-93(104-82-48-21-12-39-71(82)72-40-13-22-49-83(72)104)101-94(98-91)106-86-52-25-16-43-75(86)78-60-62(55-57-89(78)106)63-56-58-90-79(61-63)76-44-17-26-53-87(76)107(90)96-100-92(99-95(102-96)105-84-50-23-14-41-73(84)74-42-15-24-51-85(74)105)77-45-18-27-54-88(77)103-80-46-19-10-37-69(80)70-38-11-20-47-81(70)103/h1-61H. The summed E-state index contributed by atoms with van der Waals surface area (Å²) in [7, 11) is -2.98. The molecule has 7 aromatic heterocycles. The van der Waals surface area contributed by atoms with Gasteiger partial charge in [-0.1, -0.05) is 285 Å². The minimum absolute atomic E-state index is 0.499. The van der Waals surface area contributed by atoms with E-state index < -0.39 is 8.07 Å². The van der Waals surface area contributed by atoms with Gasteiger partial charge in [-0.15, -0.1) is 0 Å². The van der Waals surface area contributed by atoms with Gasteiger partial charge in [0, 0.05) is 65.0 Å². The zero-order chi connectivity index (χ0) is 71.0. The Hall–Kier alpha value is -14.5. The van der Waals surface area contributed by atoms with Gasteiger partial charge in [-0.3, -0.25) is 18.3 Å².